The topological polar surface area (TPSA) is 71.3 Å². The third-order valence-electron chi connectivity index (χ3n) is 2.78. The zero-order valence-electron chi connectivity index (χ0n) is 11.3. The number of nitrogens with zero attached hydrogens (tertiary/aromatic N) is 1. The Labute approximate surface area is 117 Å². The summed E-state index contributed by atoms with van der Waals surface area (Å²) in [5.41, 5.74) is 0.377. The van der Waals surface area contributed by atoms with Crippen LogP contribution in [0.25, 0.3) is 0 Å². The number of carbonyl (C=O) groups excluding carboxylic acids is 1. The van der Waals surface area contributed by atoms with E-state index in [1.165, 1.54) is 0 Å². The SMILES string of the molecule is CCCC(NC(=O)c1cc(Cl)cn1C(C)C)C(=O)O. The molecule has 1 aromatic heterocycles. The van der Waals surface area contributed by atoms with Crippen LogP contribution in [0.4, 0.5) is 0 Å². The maximum Gasteiger partial charge on any atom is 0.326 e. The van der Waals surface area contributed by atoms with Gasteiger partial charge in [0.25, 0.3) is 5.91 Å². The van der Waals surface area contributed by atoms with Gasteiger partial charge in [-0.3, -0.25) is 4.79 Å². The first-order valence-corrected chi connectivity index (χ1v) is 6.65. The number of aliphatic carboxylic acids is 1. The molecule has 0 aliphatic heterocycles. The Morgan fingerprint density at radius 2 is 2.11 bits per heavy atom. The lowest BCUT2D eigenvalue weighted by molar-refractivity contribution is -0.139. The lowest BCUT2D eigenvalue weighted by Gasteiger charge is -2.16. The molecular formula is C13H19ClN2O3. The molecule has 0 fully saturated rings. The molecule has 0 spiro atoms. The average Bonchev–Trinajstić information content (AvgIpc) is 2.70. The quantitative estimate of drug-likeness (QED) is 0.844. The van der Waals surface area contributed by atoms with E-state index in [2.05, 4.69) is 5.32 Å². The van der Waals surface area contributed by atoms with Gasteiger partial charge in [0.15, 0.2) is 0 Å². The summed E-state index contributed by atoms with van der Waals surface area (Å²) in [5.74, 6) is -1.44. The summed E-state index contributed by atoms with van der Waals surface area (Å²) in [6.45, 7) is 5.72. The highest BCUT2D eigenvalue weighted by atomic mass is 35.5. The minimum atomic E-state index is -1.02. The molecular weight excluding hydrogens is 268 g/mol. The van der Waals surface area contributed by atoms with Crippen LogP contribution in [0.15, 0.2) is 12.3 Å². The Kier molecular flexibility index (Phi) is 5.42. The maximum absolute atomic E-state index is 12.1. The molecule has 1 amide bonds. The summed E-state index contributed by atoms with van der Waals surface area (Å²) in [6, 6.07) is 0.747. The maximum atomic E-state index is 12.1. The standard InChI is InChI=1S/C13H19ClN2O3/c1-4-5-10(13(18)19)15-12(17)11-6-9(14)7-16(11)8(2)3/h6-8,10H,4-5H2,1-3H3,(H,15,17)(H,18,19). The van der Waals surface area contributed by atoms with E-state index in [0.717, 1.165) is 0 Å². The Hall–Kier alpha value is -1.49. The van der Waals surface area contributed by atoms with Gasteiger partial charge in [-0.2, -0.15) is 0 Å². The summed E-state index contributed by atoms with van der Waals surface area (Å²) in [5, 5.41) is 12.0. The molecule has 0 saturated carbocycles. The number of nitrogens with one attached hydrogen (secondary N) is 1. The van der Waals surface area contributed by atoms with Crippen LogP contribution in [0.3, 0.4) is 0 Å². The normalized spacial score (nSPS) is 12.5. The van der Waals surface area contributed by atoms with Gasteiger partial charge in [-0.25, -0.2) is 4.79 Å². The largest absolute Gasteiger partial charge is 0.480 e. The fourth-order valence-electron chi connectivity index (χ4n) is 1.83. The molecule has 0 bridgehead atoms. The first kappa shape index (κ1) is 15.6. The van der Waals surface area contributed by atoms with E-state index in [9.17, 15) is 9.59 Å². The lowest BCUT2D eigenvalue weighted by Crippen LogP contribution is -2.41. The Morgan fingerprint density at radius 1 is 1.47 bits per heavy atom. The molecule has 1 rings (SSSR count). The number of halogens is 1. The smallest absolute Gasteiger partial charge is 0.326 e. The van der Waals surface area contributed by atoms with E-state index in [0.29, 0.717) is 23.6 Å². The molecule has 1 atom stereocenters. The van der Waals surface area contributed by atoms with Crippen LogP contribution in [-0.2, 0) is 4.79 Å². The fourth-order valence-corrected chi connectivity index (χ4v) is 2.04. The molecule has 1 heterocycles. The summed E-state index contributed by atoms with van der Waals surface area (Å²) >= 11 is 5.90. The van der Waals surface area contributed by atoms with Crippen LogP contribution >= 0.6 is 11.6 Å². The highest BCUT2D eigenvalue weighted by Gasteiger charge is 2.22. The van der Waals surface area contributed by atoms with E-state index in [1.807, 2.05) is 20.8 Å². The third kappa shape index (κ3) is 3.99. The molecule has 1 unspecified atom stereocenters. The third-order valence-corrected chi connectivity index (χ3v) is 2.99. The van der Waals surface area contributed by atoms with Gasteiger partial charge in [0.05, 0.1) is 5.02 Å². The zero-order chi connectivity index (χ0) is 14.6. The molecule has 1 aromatic rings. The minimum Gasteiger partial charge on any atom is -0.480 e. The first-order chi connectivity index (χ1) is 8.86. The summed E-state index contributed by atoms with van der Waals surface area (Å²) in [7, 11) is 0. The van der Waals surface area contributed by atoms with Crippen molar-refractivity contribution >= 4 is 23.5 Å². The number of hydrogen-bond donors (Lipinski definition) is 2. The summed E-state index contributed by atoms with van der Waals surface area (Å²) in [4.78, 5) is 23.2. The van der Waals surface area contributed by atoms with Crippen LogP contribution in [0.1, 0.15) is 50.1 Å². The van der Waals surface area contributed by atoms with Crippen LogP contribution in [-0.4, -0.2) is 27.6 Å². The number of carbonyl (C=O) groups is 2. The van der Waals surface area contributed by atoms with E-state index in [-0.39, 0.29) is 6.04 Å². The molecule has 106 valence electrons. The van der Waals surface area contributed by atoms with Crippen molar-refractivity contribution < 1.29 is 14.7 Å². The second-order valence-corrected chi connectivity index (χ2v) is 5.13. The number of rotatable bonds is 6. The Bertz CT molecular complexity index is 468. The van der Waals surface area contributed by atoms with Crippen molar-refractivity contribution in [3.8, 4) is 0 Å². The van der Waals surface area contributed by atoms with Gasteiger partial charge < -0.3 is 15.0 Å². The molecule has 0 aliphatic rings. The van der Waals surface area contributed by atoms with Gasteiger partial charge in [-0.15, -0.1) is 0 Å². The minimum absolute atomic E-state index is 0.0719. The Morgan fingerprint density at radius 3 is 2.58 bits per heavy atom. The lowest BCUT2D eigenvalue weighted by atomic mass is 10.1. The molecule has 19 heavy (non-hydrogen) atoms. The second-order valence-electron chi connectivity index (χ2n) is 4.70. The van der Waals surface area contributed by atoms with Crippen LogP contribution < -0.4 is 5.32 Å². The van der Waals surface area contributed by atoms with Crippen molar-refractivity contribution in [3.63, 3.8) is 0 Å². The number of amides is 1. The number of aromatic nitrogens is 1. The summed E-state index contributed by atoms with van der Waals surface area (Å²) < 4.78 is 1.72. The van der Waals surface area contributed by atoms with Crippen molar-refractivity contribution in [3.05, 3.63) is 23.0 Å². The molecule has 0 aliphatic carbocycles. The van der Waals surface area contributed by atoms with Gasteiger partial charge in [0.1, 0.15) is 11.7 Å². The van der Waals surface area contributed by atoms with Gasteiger partial charge in [0, 0.05) is 12.2 Å². The first-order valence-electron chi connectivity index (χ1n) is 6.27. The predicted octanol–water partition coefficient (Wildman–Crippen LogP) is 2.71. The highest BCUT2D eigenvalue weighted by molar-refractivity contribution is 6.31. The van der Waals surface area contributed by atoms with Crippen LogP contribution in [0.5, 0.6) is 0 Å². The van der Waals surface area contributed by atoms with E-state index >= 15 is 0 Å². The molecule has 2 N–H and O–H groups in total. The van der Waals surface area contributed by atoms with Crippen molar-refractivity contribution in [1.29, 1.82) is 0 Å². The number of hydrogen-bond acceptors (Lipinski definition) is 2. The molecule has 5 nitrogen and oxygen atoms in total. The van der Waals surface area contributed by atoms with Gasteiger partial charge in [-0.05, 0) is 26.3 Å². The molecule has 0 radical (unpaired) electrons. The van der Waals surface area contributed by atoms with Crippen LogP contribution in [0.2, 0.25) is 5.02 Å². The van der Waals surface area contributed by atoms with Crippen molar-refractivity contribution in [2.75, 3.05) is 0 Å². The molecule has 0 saturated heterocycles. The summed E-state index contributed by atoms with van der Waals surface area (Å²) in [6.07, 6.45) is 2.75. The van der Waals surface area contributed by atoms with Crippen molar-refractivity contribution in [2.24, 2.45) is 0 Å². The number of carboxylic acid groups (broad SMARTS) is 1. The van der Waals surface area contributed by atoms with Crippen molar-refractivity contribution in [2.45, 2.75) is 45.7 Å². The Balaban J connectivity index is 2.91. The molecule has 6 heteroatoms. The van der Waals surface area contributed by atoms with Crippen molar-refractivity contribution in [1.82, 2.24) is 9.88 Å². The molecule has 0 aromatic carbocycles. The van der Waals surface area contributed by atoms with E-state index in [1.54, 1.807) is 16.8 Å². The van der Waals surface area contributed by atoms with E-state index in [4.69, 9.17) is 16.7 Å². The van der Waals surface area contributed by atoms with E-state index < -0.39 is 17.9 Å². The van der Waals surface area contributed by atoms with Gasteiger partial charge >= 0.3 is 5.97 Å². The average molecular weight is 287 g/mol. The zero-order valence-corrected chi connectivity index (χ0v) is 12.1. The van der Waals surface area contributed by atoms with Gasteiger partial charge in [-0.1, -0.05) is 24.9 Å². The van der Waals surface area contributed by atoms with Crippen LogP contribution in [0, 0.1) is 0 Å². The fraction of sp³-hybridized carbons (Fsp3) is 0.538. The highest BCUT2D eigenvalue weighted by Crippen LogP contribution is 2.19. The van der Waals surface area contributed by atoms with Gasteiger partial charge in [0.2, 0.25) is 0 Å². The monoisotopic (exact) mass is 286 g/mol. The predicted molar refractivity (Wildman–Crippen MR) is 73.6 cm³/mol. The second kappa shape index (κ2) is 6.61. The number of carboxylic acids is 1.